The van der Waals surface area contributed by atoms with E-state index in [1.807, 2.05) is 0 Å². The summed E-state index contributed by atoms with van der Waals surface area (Å²) in [4.78, 5) is 0. The van der Waals surface area contributed by atoms with E-state index in [2.05, 4.69) is 0 Å². The predicted octanol–water partition coefficient (Wildman–Crippen LogP) is -0.201. The van der Waals surface area contributed by atoms with Gasteiger partial charge in [-0.2, -0.15) is 0 Å². The first-order valence-corrected chi connectivity index (χ1v) is 5.75. The van der Waals surface area contributed by atoms with E-state index in [-0.39, 0.29) is 0 Å². The summed E-state index contributed by atoms with van der Waals surface area (Å²) in [6.45, 7) is 8.40. The van der Waals surface area contributed by atoms with Gasteiger partial charge in [0, 0.05) is 0 Å². The lowest BCUT2D eigenvalue weighted by Crippen LogP contribution is -2.83. The van der Waals surface area contributed by atoms with E-state index in [9.17, 15) is 20.4 Å². The zero-order chi connectivity index (χ0) is 13.9. The van der Waals surface area contributed by atoms with Crippen LogP contribution in [0.5, 0.6) is 0 Å². The zero-order valence-electron chi connectivity index (χ0n) is 11.4. The predicted molar refractivity (Wildman–Crippen MR) is 62.5 cm³/mol. The molecule has 4 unspecified atom stereocenters. The molecule has 5 heteroatoms. The van der Waals surface area contributed by atoms with Crippen molar-refractivity contribution in [2.75, 3.05) is 6.61 Å². The Kier molecular flexibility index (Phi) is 2.99. The van der Waals surface area contributed by atoms with Crippen molar-refractivity contribution in [2.45, 2.75) is 69.5 Å². The molecule has 1 heterocycles. The Morgan fingerprint density at radius 1 is 0.765 bits per heavy atom. The second-order valence-electron chi connectivity index (χ2n) is 6.22. The van der Waals surface area contributed by atoms with Gasteiger partial charge in [-0.1, -0.05) is 0 Å². The third-order valence-corrected chi connectivity index (χ3v) is 4.88. The molecule has 0 aromatic heterocycles. The molecule has 0 aliphatic carbocycles. The molecule has 0 aromatic carbocycles. The van der Waals surface area contributed by atoms with Gasteiger partial charge in [0.15, 0.2) is 0 Å². The fraction of sp³-hybridized carbons (Fsp3) is 1.00. The van der Waals surface area contributed by atoms with Gasteiger partial charge in [0.05, 0.1) is 12.2 Å². The summed E-state index contributed by atoms with van der Waals surface area (Å²) in [7, 11) is 0. The molecule has 0 spiro atoms. The summed E-state index contributed by atoms with van der Waals surface area (Å²) >= 11 is 0. The van der Waals surface area contributed by atoms with Gasteiger partial charge in [-0.3, -0.25) is 0 Å². The molecule has 4 N–H and O–H groups in total. The smallest absolute Gasteiger partial charge is 0.124 e. The molecular formula is C12H24O5. The van der Waals surface area contributed by atoms with E-state index >= 15 is 0 Å². The Bertz CT molecular complexity index is 319. The maximum atomic E-state index is 10.5. The molecule has 0 aromatic rings. The van der Waals surface area contributed by atoms with Gasteiger partial charge in [0.25, 0.3) is 0 Å². The van der Waals surface area contributed by atoms with Crippen LogP contribution in [-0.4, -0.2) is 55.0 Å². The first-order chi connectivity index (χ1) is 7.27. The quantitative estimate of drug-likeness (QED) is 0.516. The first-order valence-electron chi connectivity index (χ1n) is 5.75. The number of ether oxygens (including phenoxy) is 1. The van der Waals surface area contributed by atoms with E-state index in [4.69, 9.17) is 4.74 Å². The highest BCUT2D eigenvalue weighted by atomic mass is 16.6. The van der Waals surface area contributed by atoms with Crippen molar-refractivity contribution in [1.29, 1.82) is 0 Å². The Morgan fingerprint density at radius 2 is 1.18 bits per heavy atom. The van der Waals surface area contributed by atoms with Crippen LogP contribution in [0, 0.1) is 0 Å². The van der Waals surface area contributed by atoms with Crippen molar-refractivity contribution < 1.29 is 25.2 Å². The molecule has 4 atom stereocenters. The van der Waals surface area contributed by atoms with Gasteiger partial charge in [0.1, 0.15) is 22.4 Å². The fourth-order valence-corrected chi connectivity index (χ4v) is 2.52. The molecular weight excluding hydrogens is 224 g/mol. The van der Waals surface area contributed by atoms with Crippen LogP contribution < -0.4 is 0 Å². The highest BCUT2D eigenvalue weighted by Gasteiger charge is 2.72. The topological polar surface area (TPSA) is 90.2 Å². The average Bonchev–Trinajstić information content (AvgIpc) is 2.14. The molecule has 1 saturated heterocycles. The summed E-state index contributed by atoms with van der Waals surface area (Å²) in [5.74, 6) is 0. The number of hydrogen-bond donors (Lipinski definition) is 4. The van der Waals surface area contributed by atoms with Crippen LogP contribution in [0.4, 0.5) is 0 Å². The van der Waals surface area contributed by atoms with Crippen LogP contribution >= 0.6 is 0 Å². The molecule has 0 amide bonds. The first kappa shape index (κ1) is 14.9. The molecule has 102 valence electrons. The van der Waals surface area contributed by atoms with Crippen LogP contribution in [-0.2, 0) is 4.74 Å². The molecule has 0 bridgehead atoms. The van der Waals surface area contributed by atoms with Gasteiger partial charge in [0.2, 0.25) is 0 Å². The summed E-state index contributed by atoms with van der Waals surface area (Å²) < 4.78 is 5.67. The lowest BCUT2D eigenvalue weighted by molar-refractivity contribution is -0.398. The molecule has 1 aliphatic rings. The van der Waals surface area contributed by atoms with Gasteiger partial charge in [-0.15, -0.1) is 0 Å². The van der Waals surface area contributed by atoms with E-state index in [1.54, 1.807) is 13.8 Å². The highest BCUT2D eigenvalue weighted by Crippen LogP contribution is 2.52. The summed E-state index contributed by atoms with van der Waals surface area (Å²) in [5.41, 5.74) is -7.77. The van der Waals surface area contributed by atoms with Crippen LogP contribution in [0.1, 0.15) is 41.5 Å². The second-order valence-corrected chi connectivity index (χ2v) is 6.22. The van der Waals surface area contributed by atoms with Crippen LogP contribution in [0.15, 0.2) is 0 Å². The third kappa shape index (κ3) is 1.50. The Labute approximate surface area is 102 Å². The monoisotopic (exact) mass is 248 g/mol. The maximum Gasteiger partial charge on any atom is 0.124 e. The third-order valence-electron chi connectivity index (χ3n) is 4.88. The summed E-state index contributed by atoms with van der Waals surface area (Å²) in [6, 6.07) is 0. The second kappa shape index (κ2) is 3.42. The molecule has 1 rings (SSSR count). The highest BCUT2D eigenvalue weighted by molar-refractivity contribution is 5.22. The summed E-state index contributed by atoms with van der Waals surface area (Å²) in [5, 5.41) is 41.0. The van der Waals surface area contributed by atoms with Gasteiger partial charge in [-0.25, -0.2) is 0 Å². The van der Waals surface area contributed by atoms with E-state index in [0.717, 1.165) is 0 Å². The van der Waals surface area contributed by atoms with Gasteiger partial charge in [-0.05, 0) is 41.5 Å². The van der Waals surface area contributed by atoms with Crippen molar-refractivity contribution in [3.8, 4) is 0 Å². The van der Waals surface area contributed by atoms with Crippen LogP contribution in [0.25, 0.3) is 0 Å². The molecule has 0 radical (unpaired) electrons. The zero-order valence-corrected chi connectivity index (χ0v) is 11.4. The van der Waals surface area contributed by atoms with Gasteiger partial charge >= 0.3 is 0 Å². The molecule has 1 fully saturated rings. The molecule has 17 heavy (non-hydrogen) atoms. The van der Waals surface area contributed by atoms with E-state index in [1.165, 1.54) is 27.7 Å². The van der Waals surface area contributed by atoms with Crippen LogP contribution in [0.3, 0.4) is 0 Å². The van der Waals surface area contributed by atoms with Gasteiger partial charge < -0.3 is 25.2 Å². The van der Waals surface area contributed by atoms with Crippen molar-refractivity contribution in [3.05, 3.63) is 0 Å². The van der Waals surface area contributed by atoms with Crippen molar-refractivity contribution in [3.63, 3.8) is 0 Å². The lowest BCUT2D eigenvalue weighted by Gasteiger charge is -2.65. The van der Waals surface area contributed by atoms with Crippen molar-refractivity contribution in [2.24, 2.45) is 0 Å². The van der Waals surface area contributed by atoms with E-state index in [0.29, 0.717) is 0 Å². The number of rotatable bonds is 1. The van der Waals surface area contributed by atoms with Crippen molar-refractivity contribution >= 4 is 0 Å². The minimum absolute atomic E-state index is 0.463. The Morgan fingerprint density at radius 3 is 1.53 bits per heavy atom. The number of aliphatic hydroxyl groups is 4. The summed E-state index contributed by atoms with van der Waals surface area (Å²) in [6.07, 6.45) is 0. The fourth-order valence-electron chi connectivity index (χ4n) is 2.52. The minimum atomic E-state index is -1.83. The van der Waals surface area contributed by atoms with Crippen molar-refractivity contribution in [1.82, 2.24) is 0 Å². The standard InChI is InChI=1S/C12H24O5/c1-8(2)10(4,14)12(6,16)11(5,15)9(3,7-13)17-8/h13-16H,7H2,1-6H3. The largest absolute Gasteiger partial charge is 0.393 e. The van der Waals surface area contributed by atoms with E-state index < -0.39 is 34.6 Å². The number of aliphatic hydroxyl groups excluding tert-OH is 1. The maximum absolute atomic E-state index is 10.5. The molecule has 0 saturated carbocycles. The Hall–Kier alpha value is -0.200. The normalized spacial score (nSPS) is 54.7. The molecule has 1 aliphatic heterocycles. The Balaban J connectivity index is 3.46. The van der Waals surface area contributed by atoms with Crippen LogP contribution in [0.2, 0.25) is 0 Å². The molecule has 5 nitrogen and oxygen atoms in total. The minimum Gasteiger partial charge on any atom is -0.393 e. The average molecular weight is 248 g/mol. The SMILES string of the molecule is CC1(C)OC(C)(CO)C(C)(O)C(C)(O)C1(C)O. The number of hydrogen-bond acceptors (Lipinski definition) is 5. The lowest BCUT2D eigenvalue weighted by atomic mass is 9.59.